The topological polar surface area (TPSA) is 52.5 Å². The molecule has 0 aliphatic rings. The predicted molar refractivity (Wildman–Crippen MR) is 53.2 cm³/mol. The van der Waals surface area contributed by atoms with E-state index in [2.05, 4.69) is 32.0 Å². The molecule has 0 bridgehead atoms. The first-order chi connectivity index (χ1) is 6.24. The van der Waals surface area contributed by atoms with Crippen molar-refractivity contribution in [1.82, 2.24) is 9.97 Å². The number of fused-ring (bicyclic) bond motifs is 1. The summed E-state index contributed by atoms with van der Waals surface area (Å²) in [4.78, 5) is 7.18. The van der Waals surface area contributed by atoms with Crippen LogP contribution in [-0.4, -0.2) is 9.97 Å². The Hall–Kier alpha value is -1.34. The number of aromatic amines is 1. The minimum atomic E-state index is 0.575. The van der Waals surface area contributed by atoms with E-state index in [9.17, 15) is 0 Å². The van der Waals surface area contributed by atoms with Gasteiger partial charge in [0.05, 0.1) is 11.1 Å². The lowest BCUT2D eigenvalue weighted by atomic mass is 10.2. The summed E-state index contributed by atoms with van der Waals surface area (Å²) in [5.74, 6) is 0. The first-order valence-electron chi connectivity index (χ1n) is 3.76. The Morgan fingerprint density at radius 2 is 2.38 bits per heavy atom. The van der Waals surface area contributed by atoms with Crippen molar-refractivity contribution in [2.75, 3.05) is 0 Å². The second-order valence-corrected chi connectivity index (χ2v) is 3.61. The zero-order valence-corrected chi connectivity index (χ0v) is 8.51. The van der Waals surface area contributed by atoms with Crippen LogP contribution in [0.4, 0.5) is 0 Å². The van der Waals surface area contributed by atoms with Crippen molar-refractivity contribution in [1.29, 1.82) is 5.26 Å². The van der Waals surface area contributed by atoms with Crippen LogP contribution in [0.25, 0.3) is 10.9 Å². The highest BCUT2D eigenvalue weighted by molar-refractivity contribution is 9.10. The second-order valence-electron chi connectivity index (χ2n) is 2.76. The number of H-pyrrole nitrogens is 1. The van der Waals surface area contributed by atoms with Crippen LogP contribution in [0.1, 0.15) is 11.3 Å². The highest BCUT2D eigenvalue weighted by Crippen LogP contribution is 2.27. The number of halogens is 1. The molecule has 2 heterocycles. The predicted octanol–water partition coefficient (Wildman–Crippen LogP) is 2.51. The fourth-order valence-corrected chi connectivity index (χ4v) is 1.94. The molecule has 0 amide bonds. The molecule has 2 aromatic rings. The SMILES string of the molecule is Cc1ncc(C#N)c2[nH]cc(Br)c12. The van der Waals surface area contributed by atoms with Crippen LogP contribution in [0.2, 0.25) is 0 Å². The lowest BCUT2D eigenvalue weighted by molar-refractivity contribution is 1.22. The minimum absolute atomic E-state index is 0.575. The molecule has 0 saturated heterocycles. The summed E-state index contributed by atoms with van der Waals surface area (Å²) in [6.07, 6.45) is 3.40. The van der Waals surface area contributed by atoms with E-state index in [0.717, 1.165) is 21.1 Å². The number of hydrogen-bond donors (Lipinski definition) is 1. The highest BCUT2D eigenvalue weighted by atomic mass is 79.9. The normalized spacial score (nSPS) is 10.2. The standard InChI is InChI=1S/C9H6BrN3/c1-5-8-7(10)4-13-9(8)6(2-11)3-12-5/h3-4,13H,1H3. The Morgan fingerprint density at radius 1 is 1.62 bits per heavy atom. The average Bonchev–Trinajstić information content (AvgIpc) is 2.50. The van der Waals surface area contributed by atoms with Crippen LogP contribution in [0.15, 0.2) is 16.9 Å². The third-order valence-electron chi connectivity index (χ3n) is 1.97. The zero-order valence-electron chi connectivity index (χ0n) is 6.93. The van der Waals surface area contributed by atoms with Crippen molar-refractivity contribution >= 4 is 26.8 Å². The molecule has 0 unspecified atom stereocenters. The average molecular weight is 236 g/mol. The van der Waals surface area contributed by atoms with Gasteiger partial charge in [-0.2, -0.15) is 5.26 Å². The fourth-order valence-electron chi connectivity index (χ4n) is 1.34. The molecule has 0 atom stereocenters. The van der Waals surface area contributed by atoms with Crippen molar-refractivity contribution in [2.45, 2.75) is 6.92 Å². The van der Waals surface area contributed by atoms with Gasteiger partial charge in [0.1, 0.15) is 6.07 Å². The van der Waals surface area contributed by atoms with Gasteiger partial charge < -0.3 is 4.98 Å². The molecule has 0 spiro atoms. The van der Waals surface area contributed by atoms with Crippen LogP contribution < -0.4 is 0 Å². The van der Waals surface area contributed by atoms with E-state index in [1.807, 2.05) is 13.1 Å². The van der Waals surface area contributed by atoms with Gasteiger partial charge in [-0.3, -0.25) is 4.98 Å². The molecule has 2 aromatic heterocycles. The Kier molecular flexibility index (Phi) is 1.82. The van der Waals surface area contributed by atoms with Crippen LogP contribution in [0, 0.1) is 18.3 Å². The number of aromatic nitrogens is 2. The maximum absolute atomic E-state index is 8.81. The Bertz CT molecular complexity index is 507. The van der Waals surface area contributed by atoms with Gasteiger partial charge in [0, 0.05) is 27.9 Å². The quantitative estimate of drug-likeness (QED) is 0.763. The molecule has 1 N–H and O–H groups in total. The molecule has 0 aliphatic carbocycles. The summed E-state index contributed by atoms with van der Waals surface area (Å²) in [5.41, 5.74) is 2.34. The first kappa shape index (κ1) is 8.27. The van der Waals surface area contributed by atoms with E-state index in [1.54, 1.807) is 6.20 Å². The largest absolute Gasteiger partial charge is 0.359 e. The van der Waals surface area contributed by atoms with Gasteiger partial charge in [-0.25, -0.2) is 0 Å². The molecular weight excluding hydrogens is 230 g/mol. The summed E-state index contributed by atoms with van der Waals surface area (Å²) in [7, 11) is 0. The zero-order chi connectivity index (χ0) is 9.42. The number of nitrogens with one attached hydrogen (secondary N) is 1. The number of pyridine rings is 1. The second kappa shape index (κ2) is 2.86. The van der Waals surface area contributed by atoms with Gasteiger partial charge in [-0.15, -0.1) is 0 Å². The van der Waals surface area contributed by atoms with Gasteiger partial charge >= 0.3 is 0 Å². The van der Waals surface area contributed by atoms with Gasteiger partial charge in [0.25, 0.3) is 0 Å². The van der Waals surface area contributed by atoms with Crippen LogP contribution in [0.3, 0.4) is 0 Å². The molecule has 0 saturated carbocycles. The van der Waals surface area contributed by atoms with Gasteiger partial charge in [0.2, 0.25) is 0 Å². The van der Waals surface area contributed by atoms with Crippen molar-refractivity contribution in [3.05, 3.63) is 28.1 Å². The van der Waals surface area contributed by atoms with Crippen LogP contribution in [-0.2, 0) is 0 Å². The van der Waals surface area contributed by atoms with Crippen molar-refractivity contribution in [3.63, 3.8) is 0 Å². The molecule has 3 nitrogen and oxygen atoms in total. The molecule has 0 aliphatic heterocycles. The highest BCUT2D eigenvalue weighted by Gasteiger charge is 2.08. The van der Waals surface area contributed by atoms with E-state index in [4.69, 9.17) is 5.26 Å². The number of nitriles is 1. The number of hydrogen-bond acceptors (Lipinski definition) is 2. The molecule has 4 heteroatoms. The van der Waals surface area contributed by atoms with Gasteiger partial charge in [-0.05, 0) is 22.9 Å². The van der Waals surface area contributed by atoms with Crippen molar-refractivity contribution < 1.29 is 0 Å². The van der Waals surface area contributed by atoms with Crippen LogP contribution in [0.5, 0.6) is 0 Å². The number of rotatable bonds is 0. The van der Waals surface area contributed by atoms with Gasteiger partial charge in [0.15, 0.2) is 0 Å². The lowest BCUT2D eigenvalue weighted by Crippen LogP contribution is -1.86. The summed E-state index contributed by atoms with van der Waals surface area (Å²) >= 11 is 3.40. The van der Waals surface area contributed by atoms with Crippen molar-refractivity contribution in [2.24, 2.45) is 0 Å². The monoisotopic (exact) mass is 235 g/mol. The summed E-state index contributed by atoms with van der Waals surface area (Å²) < 4.78 is 0.949. The van der Waals surface area contributed by atoms with E-state index < -0.39 is 0 Å². The summed E-state index contributed by atoms with van der Waals surface area (Å²) in [6, 6.07) is 2.10. The molecule has 0 radical (unpaired) electrons. The molecule has 13 heavy (non-hydrogen) atoms. The summed E-state index contributed by atoms with van der Waals surface area (Å²) in [5, 5.41) is 9.80. The van der Waals surface area contributed by atoms with E-state index in [0.29, 0.717) is 5.56 Å². The minimum Gasteiger partial charge on any atom is -0.359 e. The molecule has 64 valence electrons. The Morgan fingerprint density at radius 3 is 3.08 bits per heavy atom. The molecule has 2 rings (SSSR count). The smallest absolute Gasteiger partial charge is 0.103 e. The molecule has 0 fully saturated rings. The van der Waals surface area contributed by atoms with E-state index in [1.165, 1.54) is 0 Å². The Balaban J connectivity index is 2.97. The third-order valence-corrected chi connectivity index (χ3v) is 2.60. The summed E-state index contributed by atoms with van der Waals surface area (Å²) in [6.45, 7) is 1.92. The van der Waals surface area contributed by atoms with Crippen molar-refractivity contribution in [3.8, 4) is 6.07 Å². The first-order valence-corrected chi connectivity index (χ1v) is 4.55. The van der Waals surface area contributed by atoms with E-state index in [-0.39, 0.29) is 0 Å². The third kappa shape index (κ3) is 1.12. The number of aryl methyl sites for hydroxylation is 1. The Labute approximate surface area is 83.5 Å². The molecular formula is C9H6BrN3. The maximum Gasteiger partial charge on any atom is 0.103 e. The lowest BCUT2D eigenvalue weighted by Gasteiger charge is -1.97. The fraction of sp³-hybridized carbons (Fsp3) is 0.111. The number of nitrogens with zero attached hydrogens (tertiary/aromatic N) is 2. The van der Waals surface area contributed by atoms with Crippen LogP contribution >= 0.6 is 15.9 Å². The maximum atomic E-state index is 8.81. The van der Waals surface area contributed by atoms with Gasteiger partial charge in [-0.1, -0.05) is 0 Å². The molecule has 0 aromatic carbocycles. The van der Waals surface area contributed by atoms with E-state index >= 15 is 0 Å².